The predicted molar refractivity (Wildman–Crippen MR) is 89.7 cm³/mol. The van der Waals surface area contributed by atoms with E-state index in [0.717, 1.165) is 0 Å². The van der Waals surface area contributed by atoms with Crippen LogP contribution in [0.5, 0.6) is 5.88 Å². The average Bonchev–Trinajstić information content (AvgIpc) is 2.97. The van der Waals surface area contributed by atoms with Gasteiger partial charge in [-0.15, -0.1) is 0 Å². The third kappa shape index (κ3) is 2.62. The summed E-state index contributed by atoms with van der Waals surface area (Å²) in [6.07, 6.45) is 0. The number of benzene rings is 1. The highest BCUT2D eigenvalue weighted by atomic mass is 35.5. The van der Waals surface area contributed by atoms with Crippen LogP contribution in [0.2, 0.25) is 10.0 Å². The summed E-state index contributed by atoms with van der Waals surface area (Å²) in [7, 11) is 0. The first kappa shape index (κ1) is 14.6. The molecular weight excluding hydrogens is 353 g/mol. The molecule has 1 aromatic heterocycles. The Hall–Kier alpha value is -1.28. The number of nitrogens with zero attached hydrogens (tertiary/aromatic N) is 2. The summed E-state index contributed by atoms with van der Waals surface area (Å²) in [5, 5.41) is 13.5. The third-order valence-corrected chi connectivity index (χ3v) is 4.82. The standard InChI is InChI=1S/C12H7Cl2N3O2S2/c13-6-2-1-5(3-7(6)14)17-11(19)9(10(18)16-17)8-4-21-12(20)15-8/h1-3,19H,4H2,(H,16,18). The van der Waals surface area contributed by atoms with E-state index in [2.05, 4.69) is 10.1 Å². The van der Waals surface area contributed by atoms with Crippen LogP contribution in [-0.4, -0.2) is 30.7 Å². The molecule has 108 valence electrons. The van der Waals surface area contributed by atoms with E-state index in [9.17, 15) is 9.90 Å². The Morgan fingerprint density at radius 3 is 2.76 bits per heavy atom. The Kier molecular flexibility index (Phi) is 3.83. The molecule has 2 aromatic rings. The minimum Gasteiger partial charge on any atom is -0.493 e. The number of hydrogen-bond acceptors (Lipinski definition) is 4. The van der Waals surface area contributed by atoms with Crippen LogP contribution in [0.25, 0.3) is 5.69 Å². The molecule has 0 bridgehead atoms. The lowest BCUT2D eigenvalue weighted by Crippen LogP contribution is -2.13. The van der Waals surface area contributed by atoms with Gasteiger partial charge in [-0.25, -0.2) is 9.67 Å². The molecule has 0 amide bonds. The van der Waals surface area contributed by atoms with Crippen LogP contribution in [0.15, 0.2) is 28.0 Å². The van der Waals surface area contributed by atoms with E-state index in [1.54, 1.807) is 18.2 Å². The fourth-order valence-electron chi connectivity index (χ4n) is 1.93. The van der Waals surface area contributed by atoms with Gasteiger partial charge in [0.1, 0.15) is 5.56 Å². The van der Waals surface area contributed by atoms with Gasteiger partial charge < -0.3 is 5.11 Å². The third-order valence-electron chi connectivity index (χ3n) is 2.88. The first-order chi connectivity index (χ1) is 9.97. The fourth-order valence-corrected chi connectivity index (χ4v) is 3.15. The number of thiocarbonyl (C=S) groups is 1. The van der Waals surface area contributed by atoms with Gasteiger partial charge in [0.2, 0.25) is 5.88 Å². The Labute approximate surface area is 138 Å². The Morgan fingerprint density at radius 1 is 1.38 bits per heavy atom. The molecule has 5 nitrogen and oxygen atoms in total. The number of halogens is 2. The van der Waals surface area contributed by atoms with E-state index in [1.807, 2.05) is 0 Å². The Morgan fingerprint density at radius 2 is 2.14 bits per heavy atom. The van der Waals surface area contributed by atoms with Crippen molar-refractivity contribution in [1.82, 2.24) is 9.78 Å². The number of nitrogens with one attached hydrogen (secondary N) is 1. The molecule has 0 saturated carbocycles. The summed E-state index contributed by atoms with van der Waals surface area (Å²) < 4.78 is 1.68. The van der Waals surface area contributed by atoms with Crippen LogP contribution >= 0.6 is 47.2 Å². The molecule has 0 fully saturated rings. The highest BCUT2D eigenvalue weighted by Crippen LogP contribution is 2.28. The Balaban J connectivity index is 2.14. The summed E-state index contributed by atoms with van der Waals surface area (Å²) in [6.45, 7) is 0. The first-order valence-corrected chi connectivity index (χ1v) is 7.86. The van der Waals surface area contributed by atoms with Crippen LogP contribution < -0.4 is 5.56 Å². The topological polar surface area (TPSA) is 70.4 Å². The molecule has 1 aromatic carbocycles. The quantitative estimate of drug-likeness (QED) is 0.808. The van der Waals surface area contributed by atoms with Crippen molar-refractivity contribution in [2.24, 2.45) is 4.99 Å². The van der Waals surface area contributed by atoms with Crippen LogP contribution in [-0.2, 0) is 0 Å². The van der Waals surface area contributed by atoms with Crippen molar-refractivity contribution >= 4 is 57.2 Å². The lowest BCUT2D eigenvalue weighted by atomic mass is 10.2. The van der Waals surface area contributed by atoms with E-state index in [0.29, 0.717) is 31.5 Å². The monoisotopic (exact) mass is 359 g/mol. The molecule has 0 spiro atoms. The number of rotatable bonds is 2. The van der Waals surface area contributed by atoms with E-state index >= 15 is 0 Å². The second-order valence-corrected chi connectivity index (χ2v) is 6.61. The molecule has 0 radical (unpaired) electrons. The van der Waals surface area contributed by atoms with Crippen LogP contribution in [0, 0.1) is 0 Å². The molecule has 21 heavy (non-hydrogen) atoms. The van der Waals surface area contributed by atoms with Gasteiger partial charge in [-0.05, 0) is 18.2 Å². The molecule has 0 unspecified atom stereocenters. The minimum atomic E-state index is -0.442. The van der Waals surface area contributed by atoms with Crippen molar-refractivity contribution in [3.05, 3.63) is 44.2 Å². The fraction of sp³-hybridized carbons (Fsp3) is 0.0833. The molecule has 1 aliphatic rings. The lowest BCUT2D eigenvalue weighted by Gasteiger charge is -2.06. The van der Waals surface area contributed by atoms with Gasteiger partial charge in [-0.3, -0.25) is 9.89 Å². The summed E-state index contributed by atoms with van der Waals surface area (Å²) in [6, 6.07) is 4.75. The number of aliphatic imine (C=N–C) groups is 1. The van der Waals surface area contributed by atoms with Crippen molar-refractivity contribution in [3.8, 4) is 11.6 Å². The van der Waals surface area contributed by atoms with Crippen molar-refractivity contribution in [1.29, 1.82) is 0 Å². The highest BCUT2D eigenvalue weighted by molar-refractivity contribution is 8.23. The van der Waals surface area contributed by atoms with Crippen LogP contribution in [0.4, 0.5) is 0 Å². The molecule has 2 heterocycles. The first-order valence-electron chi connectivity index (χ1n) is 5.71. The predicted octanol–water partition coefficient (Wildman–Crippen LogP) is 3.00. The maximum absolute atomic E-state index is 12.1. The van der Waals surface area contributed by atoms with Gasteiger partial charge >= 0.3 is 0 Å². The second-order valence-electron chi connectivity index (χ2n) is 4.19. The van der Waals surface area contributed by atoms with Crippen LogP contribution in [0.1, 0.15) is 5.56 Å². The second kappa shape index (κ2) is 5.49. The molecular formula is C12H7Cl2N3O2S2. The summed E-state index contributed by atoms with van der Waals surface area (Å²) in [4.78, 5) is 16.1. The van der Waals surface area contributed by atoms with E-state index < -0.39 is 5.56 Å². The van der Waals surface area contributed by atoms with Gasteiger partial charge in [-0.2, -0.15) is 0 Å². The van der Waals surface area contributed by atoms with Gasteiger partial charge in [0.05, 0.1) is 21.4 Å². The lowest BCUT2D eigenvalue weighted by molar-refractivity contribution is 0.432. The van der Waals surface area contributed by atoms with Gasteiger partial charge in [-0.1, -0.05) is 47.2 Å². The van der Waals surface area contributed by atoms with Gasteiger partial charge in [0, 0.05) is 5.75 Å². The molecule has 0 atom stereocenters. The number of thioether (sulfide) groups is 1. The maximum Gasteiger partial charge on any atom is 0.277 e. The van der Waals surface area contributed by atoms with Crippen LogP contribution in [0.3, 0.4) is 0 Å². The van der Waals surface area contributed by atoms with Crippen molar-refractivity contribution in [3.63, 3.8) is 0 Å². The van der Waals surface area contributed by atoms with Crippen molar-refractivity contribution < 1.29 is 5.11 Å². The number of hydrogen-bond donors (Lipinski definition) is 2. The number of aromatic amines is 1. The van der Waals surface area contributed by atoms with E-state index in [1.165, 1.54) is 16.4 Å². The van der Waals surface area contributed by atoms with E-state index in [-0.39, 0.29) is 11.4 Å². The molecule has 9 heteroatoms. The van der Waals surface area contributed by atoms with Crippen molar-refractivity contribution in [2.45, 2.75) is 0 Å². The van der Waals surface area contributed by atoms with E-state index in [4.69, 9.17) is 35.4 Å². The summed E-state index contributed by atoms with van der Waals surface area (Å²) in [5.41, 5.74) is 0.623. The summed E-state index contributed by atoms with van der Waals surface area (Å²) >= 11 is 18.1. The SMILES string of the molecule is O=c1[nH]n(-c2ccc(Cl)c(Cl)c2)c(O)c1C1=NC(=S)SC1. The number of H-pyrrole nitrogens is 1. The molecule has 2 N–H and O–H groups in total. The Bertz CT molecular complexity index is 842. The zero-order valence-electron chi connectivity index (χ0n) is 10.3. The molecule has 0 saturated heterocycles. The van der Waals surface area contributed by atoms with Gasteiger partial charge in [0.25, 0.3) is 5.56 Å². The molecule has 3 rings (SSSR count). The molecule has 0 aliphatic carbocycles. The normalized spacial score (nSPS) is 14.6. The minimum absolute atomic E-state index is 0.119. The number of aromatic nitrogens is 2. The van der Waals surface area contributed by atoms with Crippen molar-refractivity contribution in [2.75, 3.05) is 5.75 Å². The van der Waals surface area contributed by atoms with Gasteiger partial charge in [0.15, 0.2) is 4.32 Å². The molecule has 1 aliphatic heterocycles. The zero-order chi connectivity index (χ0) is 15.1. The summed E-state index contributed by atoms with van der Waals surface area (Å²) in [5.74, 6) is 0.225. The smallest absolute Gasteiger partial charge is 0.277 e. The average molecular weight is 360 g/mol. The zero-order valence-corrected chi connectivity index (χ0v) is 13.4. The largest absolute Gasteiger partial charge is 0.493 e. The number of aromatic hydroxyl groups is 1. The highest BCUT2D eigenvalue weighted by Gasteiger charge is 2.24. The maximum atomic E-state index is 12.1.